The molecule has 216 valence electrons. The monoisotopic (exact) mass is 576 g/mol. The first-order valence-electron chi connectivity index (χ1n) is 13.9. The molecule has 2 fully saturated rings. The normalized spacial score (nSPS) is 26.0. The van der Waals surface area contributed by atoms with Crippen LogP contribution in [0.5, 0.6) is 0 Å². The molecule has 1 aromatic heterocycles. The quantitative estimate of drug-likeness (QED) is 0.261. The van der Waals surface area contributed by atoms with Gasteiger partial charge < -0.3 is 35.2 Å². The van der Waals surface area contributed by atoms with Crippen molar-refractivity contribution in [3.63, 3.8) is 0 Å². The Bertz CT molecular complexity index is 1490. The van der Waals surface area contributed by atoms with Crippen molar-refractivity contribution in [1.29, 1.82) is 5.26 Å². The minimum Gasteiger partial charge on any atom is -0.388 e. The summed E-state index contributed by atoms with van der Waals surface area (Å²) in [6, 6.07) is 17.5. The van der Waals surface area contributed by atoms with E-state index in [0.717, 1.165) is 46.9 Å². The van der Waals surface area contributed by atoms with Crippen LogP contribution >= 0.6 is 11.3 Å². The van der Waals surface area contributed by atoms with E-state index in [2.05, 4.69) is 58.6 Å². The summed E-state index contributed by atoms with van der Waals surface area (Å²) in [6.45, 7) is 7.60. The van der Waals surface area contributed by atoms with Gasteiger partial charge >= 0.3 is 0 Å². The van der Waals surface area contributed by atoms with Gasteiger partial charge in [0.15, 0.2) is 6.29 Å². The number of benzene rings is 2. The van der Waals surface area contributed by atoms with Gasteiger partial charge in [0.1, 0.15) is 29.9 Å². The maximum Gasteiger partial charge on any atom is 0.262 e. The number of hydrogen-bond donors (Lipinski definition) is 4. The number of ether oxygens (including phenoxy) is 1. The lowest BCUT2D eigenvalue weighted by atomic mass is 9.95. The van der Waals surface area contributed by atoms with E-state index in [-0.39, 0.29) is 5.57 Å². The summed E-state index contributed by atoms with van der Waals surface area (Å²) in [4.78, 5) is 19.6. The summed E-state index contributed by atoms with van der Waals surface area (Å²) in [6.07, 6.45) is -4.59. The molecule has 5 atom stereocenters. The molecule has 2 aliphatic rings. The molecule has 3 aromatic rings. The van der Waals surface area contributed by atoms with Gasteiger partial charge in [-0.15, -0.1) is 11.3 Å². The summed E-state index contributed by atoms with van der Waals surface area (Å²) in [5, 5.41) is 45.6. The van der Waals surface area contributed by atoms with Crippen molar-refractivity contribution in [3.05, 3.63) is 59.0 Å². The molecule has 1 unspecified atom stereocenters. The fraction of sp³-hybridized carbons (Fsp3) is 0.419. The second-order valence-corrected chi connectivity index (χ2v) is 11.8. The standard InChI is InChI=1S/C31H36N4O5S/c1-4-24-28(36)29(37)27(31(39)40-24)33-30(38)23(17-32)18(2)25-9-10-26(41-25)21-6-5-20-16-22(8-7-19(20)15-21)35-13-11-34(3)12-14-35/h5-10,15-16,24,27-29,31,36-37,39H,4,11-14H2,1-3H3,(H,33,38)/b23-18+/t24-,27-,28-,29-,31?/m1/s1. The molecule has 0 bridgehead atoms. The van der Waals surface area contributed by atoms with E-state index in [1.54, 1.807) is 13.8 Å². The fourth-order valence-electron chi connectivity index (χ4n) is 5.43. The third kappa shape index (κ3) is 6.02. The molecule has 0 saturated carbocycles. The van der Waals surface area contributed by atoms with Crippen molar-refractivity contribution >= 4 is 39.3 Å². The van der Waals surface area contributed by atoms with E-state index in [9.17, 15) is 25.4 Å². The predicted octanol–water partition coefficient (Wildman–Crippen LogP) is 2.95. The number of hydrogen-bond acceptors (Lipinski definition) is 9. The van der Waals surface area contributed by atoms with Crippen LogP contribution in [-0.2, 0) is 9.53 Å². The van der Waals surface area contributed by atoms with Crippen molar-refractivity contribution in [3.8, 4) is 16.5 Å². The maximum atomic E-state index is 13.0. The molecule has 0 spiro atoms. The Labute approximate surface area is 243 Å². The molecule has 2 saturated heterocycles. The zero-order chi connectivity index (χ0) is 29.3. The number of piperazine rings is 1. The van der Waals surface area contributed by atoms with Crippen molar-refractivity contribution in [2.24, 2.45) is 0 Å². The van der Waals surface area contributed by atoms with E-state index in [4.69, 9.17) is 4.74 Å². The number of thiophene rings is 1. The number of anilines is 1. The summed E-state index contributed by atoms with van der Waals surface area (Å²) in [7, 11) is 2.15. The molecule has 0 aliphatic carbocycles. The van der Waals surface area contributed by atoms with E-state index < -0.39 is 36.6 Å². The SMILES string of the molecule is CC[C@H]1OC(O)[C@H](NC(=O)/C(C#N)=C(\C)c2ccc(-c3ccc4cc(N5CCN(C)CC5)ccc4c3)s2)[C@@H](O)[C@@H]1O. The minimum atomic E-state index is -1.51. The number of carbonyl (C=O) groups excluding carboxylic acids is 1. The Hall–Kier alpha value is -3.30. The van der Waals surface area contributed by atoms with Crippen molar-refractivity contribution < 1.29 is 24.9 Å². The van der Waals surface area contributed by atoms with Crippen LogP contribution in [0.25, 0.3) is 26.8 Å². The van der Waals surface area contributed by atoms with Crippen LogP contribution in [0.4, 0.5) is 5.69 Å². The van der Waals surface area contributed by atoms with Gasteiger partial charge in [0, 0.05) is 41.6 Å². The number of aliphatic hydroxyl groups is 3. The Morgan fingerprint density at radius 3 is 2.46 bits per heavy atom. The summed E-state index contributed by atoms with van der Waals surface area (Å²) < 4.78 is 5.34. The minimum absolute atomic E-state index is 0.139. The lowest BCUT2D eigenvalue weighted by Crippen LogP contribution is -2.63. The van der Waals surface area contributed by atoms with Crippen LogP contribution < -0.4 is 10.2 Å². The molecule has 2 aromatic carbocycles. The number of rotatable bonds is 6. The summed E-state index contributed by atoms with van der Waals surface area (Å²) in [5.41, 5.74) is 2.62. The zero-order valence-electron chi connectivity index (χ0n) is 23.4. The van der Waals surface area contributed by atoms with E-state index in [1.165, 1.54) is 22.4 Å². The van der Waals surface area contributed by atoms with E-state index in [0.29, 0.717) is 12.0 Å². The topological polar surface area (TPSA) is 129 Å². The van der Waals surface area contributed by atoms with Crippen LogP contribution in [0.2, 0.25) is 0 Å². The second kappa shape index (κ2) is 12.3. The number of fused-ring (bicyclic) bond motifs is 1. The van der Waals surface area contributed by atoms with Gasteiger partial charge in [0.25, 0.3) is 5.91 Å². The van der Waals surface area contributed by atoms with Gasteiger partial charge in [-0.3, -0.25) is 4.79 Å². The molecular weight excluding hydrogens is 540 g/mol. The molecule has 10 heteroatoms. The lowest BCUT2D eigenvalue weighted by molar-refractivity contribution is -0.247. The molecule has 9 nitrogen and oxygen atoms in total. The van der Waals surface area contributed by atoms with Crippen molar-refractivity contribution in [2.45, 2.75) is 50.9 Å². The van der Waals surface area contributed by atoms with Gasteiger partial charge in [-0.25, -0.2) is 0 Å². The molecule has 41 heavy (non-hydrogen) atoms. The molecule has 0 radical (unpaired) electrons. The van der Waals surface area contributed by atoms with E-state index >= 15 is 0 Å². The average Bonchev–Trinajstić information content (AvgIpc) is 3.48. The Morgan fingerprint density at radius 1 is 1.05 bits per heavy atom. The summed E-state index contributed by atoms with van der Waals surface area (Å²) >= 11 is 1.48. The third-order valence-corrected chi connectivity index (χ3v) is 9.34. The van der Waals surface area contributed by atoms with E-state index in [1.807, 2.05) is 18.2 Å². The molecule has 2 aliphatic heterocycles. The highest BCUT2D eigenvalue weighted by Gasteiger charge is 2.44. The lowest BCUT2D eigenvalue weighted by Gasteiger charge is -2.40. The molecular formula is C31H36N4O5S. The number of nitrogens with zero attached hydrogens (tertiary/aromatic N) is 3. The smallest absolute Gasteiger partial charge is 0.262 e. The van der Waals surface area contributed by atoms with Crippen LogP contribution in [0, 0.1) is 11.3 Å². The highest BCUT2D eigenvalue weighted by Crippen LogP contribution is 2.35. The number of amides is 1. The second-order valence-electron chi connectivity index (χ2n) is 10.8. The molecule has 5 rings (SSSR count). The van der Waals surface area contributed by atoms with Gasteiger partial charge in [-0.1, -0.05) is 25.1 Å². The number of likely N-dealkylation sites (N-methyl/N-ethyl adjacent to an activating group) is 1. The van der Waals surface area contributed by atoms with Gasteiger partial charge in [-0.2, -0.15) is 5.26 Å². The predicted molar refractivity (Wildman–Crippen MR) is 160 cm³/mol. The third-order valence-electron chi connectivity index (χ3n) is 8.09. The number of allylic oxidation sites excluding steroid dienone is 1. The molecule has 3 heterocycles. The first-order valence-corrected chi connectivity index (χ1v) is 14.7. The molecule has 1 amide bonds. The van der Waals surface area contributed by atoms with Gasteiger partial charge in [-0.05, 0) is 72.6 Å². The van der Waals surface area contributed by atoms with Crippen LogP contribution in [0.3, 0.4) is 0 Å². The average molecular weight is 577 g/mol. The maximum absolute atomic E-state index is 13.0. The highest BCUT2D eigenvalue weighted by molar-refractivity contribution is 7.16. The number of carbonyl (C=O) groups is 1. The zero-order valence-corrected chi connectivity index (χ0v) is 24.3. The molecule has 4 N–H and O–H groups in total. The number of nitriles is 1. The van der Waals surface area contributed by atoms with Gasteiger partial charge in [0.05, 0.1) is 6.10 Å². The first-order chi connectivity index (χ1) is 19.7. The Kier molecular flexibility index (Phi) is 8.75. The van der Waals surface area contributed by atoms with Crippen molar-refractivity contribution in [2.75, 3.05) is 38.1 Å². The Morgan fingerprint density at radius 2 is 1.76 bits per heavy atom. The largest absolute Gasteiger partial charge is 0.388 e. The first kappa shape index (κ1) is 29.2. The summed E-state index contributed by atoms with van der Waals surface area (Å²) in [5.74, 6) is -0.754. The number of aliphatic hydroxyl groups excluding tert-OH is 3. The van der Waals surface area contributed by atoms with Crippen LogP contribution in [0.15, 0.2) is 54.1 Å². The number of nitrogens with one attached hydrogen (secondary N) is 1. The van der Waals surface area contributed by atoms with Crippen LogP contribution in [-0.4, -0.2) is 90.0 Å². The van der Waals surface area contributed by atoms with Gasteiger partial charge in [0.2, 0.25) is 0 Å². The Balaban J connectivity index is 1.33. The van der Waals surface area contributed by atoms with Crippen LogP contribution in [0.1, 0.15) is 25.1 Å². The van der Waals surface area contributed by atoms with Crippen molar-refractivity contribution in [1.82, 2.24) is 10.2 Å². The fourth-order valence-corrected chi connectivity index (χ4v) is 6.44. The highest BCUT2D eigenvalue weighted by atomic mass is 32.1.